The fourth-order valence-corrected chi connectivity index (χ4v) is 2.91. The first-order valence-corrected chi connectivity index (χ1v) is 6.75. The summed E-state index contributed by atoms with van der Waals surface area (Å²) in [7, 11) is 0. The molecule has 2 rings (SSSR count). The Bertz CT molecular complexity index is 478. The number of rotatable bonds is 3. The van der Waals surface area contributed by atoms with Gasteiger partial charge in [0.25, 0.3) is 5.91 Å². The lowest BCUT2D eigenvalue weighted by atomic mass is 9.93. The smallest absolute Gasteiger partial charge is 0.254 e. The van der Waals surface area contributed by atoms with Crippen molar-refractivity contribution in [3.05, 3.63) is 23.6 Å². The molecule has 3 unspecified atom stereocenters. The number of carbonyl (C=O) groups is 1. The maximum Gasteiger partial charge on any atom is 0.254 e. The van der Waals surface area contributed by atoms with Crippen molar-refractivity contribution in [1.82, 2.24) is 10.3 Å². The molecule has 0 aliphatic heterocycles. The zero-order valence-electron chi connectivity index (χ0n) is 11.3. The molecular formula is C14H20FN3O. The fraction of sp³-hybridized carbons (Fsp3) is 0.571. The summed E-state index contributed by atoms with van der Waals surface area (Å²) < 4.78 is 13.7. The molecule has 0 radical (unpaired) electrons. The van der Waals surface area contributed by atoms with Gasteiger partial charge in [-0.15, -0.1) is 0 Å². The highest BCUT2D eigenvalue weighted by Gasteiger charge is 2.33. The second kappa shape index (κ2) is 5.55. The van der Waals surface area contributed by atoms with Gasteiger partial charge >= 0.3 is 0 Å². The van der Waals surface area contributed by atoms with Crippen LogP contribution in [-0.2, 0) is 0 Å². The Balaban J connectivity index is 2.08. The Hall–Kier alpha value is -1.65. The normalized spacial score (nSPS) is 26.4. The summed E-state index contributed by atoms with van der Waals surface area (Å²) in [6.45, 7) is 4.30. The Kier molecular flexibility index (Phi) is 4.02. The molecular weight excluding hydrogens is 245 g/mol. The number of nitrogens with zero attached hydrogens (tertiary/aromatic N) is 1. The van der Waals surface area contributed by atoms with Crippen LogP contribution in [0.2, 0.25) is 0 Å². The Morgan fingerprint density at radius 3 is 2.95 bits per heavy atom. The molecule has 4 nitrogen and oxygen atoms in total. The van der Waals surface area contributed by atoms with E-state index >= 15 is 0 Å². The minimum Gasteiger partial charge on any atom is -0.381 e. The first-order chi connectivity index (χ1) is 9.04. The lowest BCUT2D eigenvalue weighted by Crippen LogP contribution is -2.38. The summed E-state index contributed by atoms with van der Waals surface area (Å²) in [5.41, 5.74) is 5.34. The quantitative estimate of drug-likeness (QED) is 0.881. The Morgan fingerprint density at radius 2 is 2.32 bits per heavy atom. The molecule has 5 heteroatoms. The van der Waals surface area contributed by atoms with E-state index in [9.17, 15) is 9.18 Å². The number of nitrogen functional groups attached to an aromatic ring is 1. The van der Waals surface area contributed by atoms with Crippen LogP contribution in [0.3, 0.4) is 0 Å². The molecule has 104 valence electrons. The van der Waals surface area contributed by atoms with Crippen molar-refractivity contribution in [3.63, 3.8) is 0 Å². The highest BCUT2D eigenvalue weighted by Crippen LogP contribution is 2.34. The van der Waals surface area contributed by atoms with Gasteiger partial charge in [-0.1, -0.05) is 20.3 Å². The van der Waals surface area contributed by atoms with Gasteiger partial charge in [0.05, 0.1) is 5.56 Å². The van der Waals surface area contributed by atoms with Gasteiger partial charge in [0, 0.05) is 12.2 Å². The van der Waals surface area contributed by atoms with Crippen LogP contribution >= 0.6 is 0 Å². The van der Waals surface area contributed by atoms with Gasteiger partial charge in [-0.25, -0.2) is 9.37 Å². The van der Waals surface area contributed by atoms with Gasteiger partial charge in [-0.05, 0) is 30.7 Å². The van der Waals surface area contributed by atoms with E-state index in [-0.39, 0.29) is 17.4 Å². The third-order valence-corrected chi connectivity index (χ3v) is 4.23. The van der Waals surface area contributed by atoms with Crippen molar-refractivity contribution in [2.75, 3.05) is 5.73 Å². The zero-order valence-corrected chi connectivity index (χ0v) is 11.3. The molecule has 1 aliphatic rings. The number of nitrogens with two attached hydrogens (primary N) is 1. The van der Waals surface area contributed by atoms with Crippen LogP contribution in [0.4, 0.5) is 10.2 Å². The van der Waals surface area contributed by atoms with Crippen LogP contribution < -0.4 is 11.1 Å². The number of carbonyl (C=O) groups excluding carboxylic acids is 1. The van der Waals surface area contributed by atoms with Crippen LogP contribution in [0.1, 0.15) is 43.5 Å². The molecule has 1 aromatic rings. The molecule has 1 aromatic heterocycles. The molecule has 0 bridgehead atoms. The monoisotopic (exact) mass is 265 g/mol. The average molecular weight is 265 g/mol. The zero-order chi connectivity index (χ0) is 14.0. The molecule has 1 heterocycles. The first kappa shape index (κ1) is 13.8. The highest BCUT2D eigenvalue weighted by atomic mass is 19.1. The van der Waals surface area contributed by atoms with Crippen molar-refractivity contribution in [1.29, 1.82) is 0 Å². The van der Waals surface area contributed by atoms with Crippen molar-refractivity contribution in [3.8, 4) is 0 Å². The number of nitrogens with one attached hydrogen (secondary N) is 1. The molecule has 1 saturated carbocycles. The van der Waals surface area contributed by atoms with E-state index in [1.165, 1.54) is 12.3 Å². The topological polar surface area (TPSA) is 68.0 Å². The van der Waals surface area contributed by atoms with E-state index in [0.717, 1.165) is 19.3 Å². The number of hydrogen-bond acceptors (Lipinski definition) is 3. The van der Waals surface area contributed by atoms with Gasteiger partial charge in [0.15, 0.2) is 11.6 Å². The molecule has 3 atom stereocenters. The minimum atomic E-state index is -0.738. The fourth-order valence-electron chi connectivity index (χ4n) is 2.91. The summed E-state index contributed by atoms with van der Waals surface area (Å²) in [4.78, 5) is 15.7. The molecule has 1 amide bonds. The summed E-state index contributed by atoms with van der Waals surface area (Å²) >= 11 is 0. The number of halogens is 1. The molecule has 3 N–H and O–H groups in total. The maximum atomic E-state index is 13.7. The first-order valence-electron chi connectivity index (χ1n) is 6.75. The average Bonchev–Trinajstić information content (AvgIpc) is 2.73. The largest absolute Gasteiger partial charge is 0.381 e. The molecule has 1 aliphatic carbocycles. The Morgan fingerprint density at radius 1 is 1.58 bits per heavy atom. The van der Waals surface area contributed by atoms with Crippen LogP contribution in [0, 0.1) is 17.7 Å². The van der Waals surface area contributed by atoms with Gasteiger partial charge in [0.1, 0.15) is 0 Å². The summed E-state index contributed by atoms with van der Waals surface area (Å²) in [6.07, 6.45) is 4.53. The highest BCUT2D eigenvalue weighted by molar-refractivity contribution is 5.95. The standard InChI is InChI=1S/C14H20FN3O/c1-3-9-4-5-11(8(9)2)18-14(19)10-6-7-17-13(16)12(10)15/h6-9,11H,3-5H2,1-2H3,(H2,16,17)(H,18,19). The molecule has 19 heavy (non-hydrogen) atoms. The third-order valence-electron chi connectivity index (χ3n) is 4.23. The van der Waals surface area contributed by atoms with Crippen LogP contribution in [-0.4, -0.2) is 16.9 Å². The lowest BCUT2D eigenvalue weighted by Gasteiger charge is -2.21. The maximum absolute atomic E-state index is 13.7. The summed E-state index contributed by atoms with van der Waals surface area (Å²) in [5.74, 6) is -0.315. The second-order valence-electron chi connectivity index (χ2n) is 5.24. The number of amides is 1. The van der Waals surface area contributed by atoms with E-state index in [0.29, 0.717) is 11.8 Å². The van der Waals surface area contributed by atoms with Crippen LogP contribution in [0.15, 0.2) is 12.3 Å². The van der Waals surface area contributed by atoms with Gasteiger partial charge in [-0.3, -0.25) is 4.79 Å². The predicted octanol–water partition coefficient (Wildman–Crippen LogP) is 2.36. The SMILES string of the molecule is CCC1CCC(NC(=O)c2ccnc(N)c2F)C1C. The molecule has 1 fully saturated rings. The van der Waals surface area contributed by atoms with Crippen molar-refractivity contribution in [2.45, 2.75) is 39.2 Å². The number of anilines is 1. The summed E-state index contributed by atoms with van der Waals surface area (Å²) in [5, 5.41) is 2.92. The van der Waals surface area contributed by atoms with Crippen molar-refractivity contribution >= 4 is 11.7 Å². The Labute approximate surface area is 112 Å². The molecule has 0 aromatic carbocycles. The number of pyridine rings is 1. The van der Waals surface area contributed by atoms with E-state index in [2.05, 4.69) is 24.1 Å². The van der Waals surface area contributed by atoms with E-state index in [1.807, 2.05) is 0 Å². The van der Waals surface area contributed by atoms with E-state index in [4.69, 9.17) is 5.73 Å². The molecule has 0 spiro atoms. The third kappa shape index (κ3) is 2.69. The van der Waals surface area contributed by atoms with Crippen molar-refractivity contribution < 1.29 is 9.18 Å². The number of hydrogen-bond donors (Lipinski definition) is 2. The lowest BCUT2D eigenvalue weighted by molar-refractivity contribution is 0.0922. The molecule has 0 saturated heterocycles. The minimum absolute atomic E-state index is 0.0281. The van der Waals surface area contributed by atoms with Gasteiger partial charge in [-0.2, -0.15) is 0 Å². The summed E-state index contributed by atoms with van der Waals surface area (Å²) in [6, 6.07) is 1.48. The van der Waals surface area contributed by atoms with E-state index < -0.39 is 11.7 Å². The van der Waals surface area contributed by atoms with E-state index in [1.54, 1.807) is 0 Å². The van der Waals surface area contributed by atoms with Crippen LogP contribution in [0.25, 0.3) is 0 Å². The van der Waals surface area contributed by atoms with Crippen molar-refractivity contribution in [2.24, 2.45) is 11.8 Å². The van der Waals surface area contributed by atoms with Crippen LogP contribution in [0.5, 0.6) is 0 Å². The van der Waals surface area contributed by atoms with Gasteiger partial charge < -0.3 is 11.1 Å². The predicted molar refractivity (Wildman–Crippen MR) is 72.0 cm³/mol. The number of aromatic nitrogens is 1. The second-order valence-corrected chi connectivity index (χ2v) is 5.24. The van der Waals surface area contributed by atoms with Gasteiger partial charge in [0.2, 0.25) is 0 Å².